The molecule has 0 amide bonds. The summed E-state index contributed by atoms with van der Waals surface area (Å²) in [5.74, 6) is 1.26. The van der Waals surface area contributed by atoms with Crippen molar-refractivity contribution in [3.05, 3.63) is 41.1 Å². The minimum absolute atomic E-state index is 0.182. The third kappa shape index (κ3) is 2.21. The highest BCUT2D eigenvalue weighted by molar-refractivity contribution is 5.86. The number of ether oxygens (including phenoxy) is 1. The van der Waals surface area contributed by atoms with Crippen LogP contribution in [0.2, 0.25) is 0 Å². The Balaban J connectivity index is 2.07. The van der Waals surface area contributed by atoms with Crippen molar-refractivity contribution < 1.29 is 4.74 Å². The Hall–Kier alpha value is -3.16. The van der Waals surface area contributed by atoms with Gasteiger partial charge in [0, 0.05) is 19.2 Å². The average molecular weight is 338 g/mol. The first-order valence-electron chi connectivity index (χ1n) is 8.09. The van der Waals surface area contributed by atoms with Gasteiger partial charge in [-0.15, -0.1) is 10.2 Å². The molecule has 0 aliphatic heterocycles. The van der Waals surface area contributed by atoms with E-state index < -0.39 is 0 Å². The number of benzene rings is 1. The number of hydrogen-bond acceptors (Lipinski definition) is 5. The second-order valence-electron chi connectivity index (χ2n) is 5.87. The summed E-state index contributed by atoms with van der Waals surface area (Å²) >= 11 is 0. The molecule has 128 valence electrons. The number of rotatable bonds is 4. The minimum atomic E-state index is -0.182. The third-order valence-electron chi connectivity index (χ3n) is 4.27. The van der Waals surface area contributed by atoms with Gasteiger partial charge in [0.2, 0.25) is 0 Å². The van der Waals surface area contributed by atoms with Crippen LogP contribution in [0, 0.1) is 0 Å². The zero-order chi connectivity index (χ0) is 17.6. The van der Waals surface area contributed by atoms with Crippen molar-refractivity contribution in [3.8, 4) is 17.1 Å². The molecule has 0 bridgehead atoms. The second kappa shape index (κ2) is 5.73. The van der Waals surface area contributed by atoms with Gasteiger partial charge in [-0.1, -0.05) is 6.92 Å². The molecular weight excluding hydrogens is 320 g/mol. The number of aromatic nitrogens is 6. The number of fused-ring (bicyclic) bond motifs is 3. The van der Waals surface area contributed by atoms with E-state index in [-0.39, 0.29) is 5.69 Å². The standard InChI is InChI=1S/C17H18N6O2/c1-4-9-22-15-13(21(2)10-18-15)16-20-19-14(23(16)17(22)24)11-5-7-12(25-3)8-6-11/h5-8,10H,4,9H2,1-3H3. The van der Waals surface area contributed by atoms with E-state index in [1.54, 1.807) is 22.4 Å². The van der Waals surface area contributed by atoms with Crippen LogP contribution < -0.4 is 10.4 Å². The summed E-state index contributed by atoms with van der Waals surface area (Å²) in [6, 6.07) is 7.41. The molecule has 3 heterocycles. The van der Waals surface area contributed by atoms with Crippen LogP contribution >= 0.6 is 0 Å². The zero-order valence-electron chi connectivity index (χ0n) is 14.3. The molecule has 0 spiro atoms. The lowest BCUT2D eigenvalue weighted by atomic mass is 10.2. The van der Waals surface area contributed by atoms with Gasteiger partial charge in [-0.05, 0) is 30.7 Å². The van der Waals surface area contributed by atoms with Crippen molar-refractivity contribution in [1.29, 1.82) is 0 Å². The van der Waals surface area contributed by atoms with Crippen molar-refractivity contribution in [2.45, 2.75) is 19.9 Å². The van der Waals surface area contributed by atoms with Crippen molar-refractivity contribution in [2.24, 2.45) is 7.05 Å². The van der Waals surface area contributed by atoms with E-state index in [0.717, 1.165) is 23.3 Å². The van der Waals surface area contributed by atoms with Gasteiger partial charge in [-0.3, -0.25) is 4.57 Å². The van der Waals surface area contributed by atoms with Crippen LogP contribution in [0.15, 0.2) is 35.4 Å². The van der Waals surface area contributed by atoms with Gasteiger partial charge in [-0.2, -0.15) is 0 Å². The van der Waals surface area contributed by atoms with E-state index in [2.05, 4.69) is 15.2 Å². The van der Waals surface area contributed by atoms with Crippen molar-refractivity contribution >= 4 is 16.8 Å². The molecule has 0 saturated heterocycles. The molecule has 25 heavy (non-hydrogen) atoms. The predicted molar refractivity (Wildman–Crippen MR) is 93.8 cm³/mol. The van der Waals surface area contributed by atoms with Gasteiger partial charge in [0.1, 0.15) is 11.3 Å². The maximum Gasteiger partial charge on any atom is 0.337 e. The number of nitrogens with zero attached hydrogens (tertiary/aromatic N) is 6. The van der Waals surface area contributed by atoms with Crippen LogP contribution in [0.1, 0.15) is 13.3 Å². The number of aryl methyl sites for hydroxylation is 2. The Morgan fingerprint density at radius 3 is 2.56 bits per heavy atom. The molecule has 8 heteroatoms. The molecule has 0 N–H and O–H groups in total. The van der Waals surface area contributed by atoms with Gasteiger partial charge in [0.15, 0.2) is 17.1 Å². The number of methoxy groups -OCH3 is 1. The molecule has 8 nitrogen and oxygen atoms in total. The first-order chi connectivity index (χ1) is 12.2. The predicted octanol–water partition coefficient (Wildman–Crippen LogP) is 1.86. The maximum absolute atomic E-state index is 13.1. The van der Waals surface area contributed by atoms with Crippen LogP contribution in [0.5, 0.6) is 5.75 Å². The molecule has 0 radical (unpaired) electrons. The molecule has 0 aliphatic rings. The van der Waals surface area contributed by atoms with Gasteiger partial charge in [0.05, 0.1) is 13.4 Å². The molecule has 0 saturated carbocycles. The SMILES string of the molecule is CCCn1c(=O)n2c(-c3ccc(OC)cc3)nnc2c2c1ncn2C. The number of hydrogen-bond donors (Lipinski definition) is 0. The molecule has 0 fully saturated rings. The monoisotopic (exact) mass is 338 g/mol. The Morgan fingerprint density at radius 2 is 1.88 bits per heavy atom. The summed E-state index contributed by atoms with van der Waals surface area (Å²) in [7, 11) is 3.50. The zero-order valence-corrected chi connectivity index (χ0v) is 14.3. The van der Waals surface area contributed by atoms with Gasteiger partial charge >= 0.3 is 5.69 Å². The van der Waals surface area contributed by atoms with E-state index in [4.69, 9.17) is 4.74 Å². The van der Waals surface area contributed by atoms with E-state index in [9.17, 15) is 4.79 Å². The molecule has 4 aromatic rings. The summed E-state index contributed by atoms with van der Waals surface area (Å²) in [5.41, 5.74) is 2.56. The summed E-state index contributed by atoms with van der Waals surface area (Å²) in [6.07, 6.45) is 2.52. The lowest BCUT2D eigenvalue weighted by Gasteiger charge is -2.08. The summed E-state index contributed by atoms with van der Waals surface area (Å²) in [5, 5.41) is 8.54. The van der Waals surface area contributed by atoms with Gasteiger partial charge < -0.3 is 9.30 Å². The topological polar surface area (TPSA) is 79.2 Å². The lowest BCUT2D eigenvalue weighted by molar-refractivity contribution is 0.415. The van der Waals surface area contributed by atoms with Crippen LogP contribution in [0.4, 0.5) is 0 Å². The van der Waals surface area contributed by atoms with Crippen LogP contribution in [0.25, 0.3) is 28.2 Å². The van der Waals surface area contributed by atoms with Crippen molar-refractivity contribution in [2.75, 3.05) is 7.11 Å². The molecule has 0 unspecified atom stereocenters. The molecule has 3 aromatic heterocycles. The quantitative estimate of drug-likeness (QED) is 0.567. The van der Waals surface area contributed by atoms with E-state index >= 15 is 0 Å². The molecule has 4 rings (SSSR count). The molecule has 0 aliphatic carbocycles. The Labute approximate surface area is 143 Å². The maximum atomic E-state index is 13.1. The lowest BCUT2D eigenvalue weighted by Crippen LogP contribution is -2.28. The van der Waals surface area contributed by atoms with Crippen molar-refractivity contribution in [1.82, 2.24) is 28.7 Å². The highest BCUT2D eigenvalue weighted by Gasteiger charge is 2.20. The normalized spacial score (nSPS) is 11.5. The minimum Gasteiger partial charge on any atom is -0.497 e. The van der Waals surface area contributed by atoms with Crippen molar-refractivity contribution in [3.63, 3.8) is 0 Å². The fourth-order valence-corrected chi connectivity index (χ4v) is 3.06. The highest BCUT2D eigenvalue weighted by Crippen LogP contribution is 2.23. The first-order valence-corrected chi connectivity index (χ1v) is 8.09. The average Bonchev–Trinajstić information content (AvgIpc) is 3.22. The Bertz CT molecular complexity index is 1120. The van der Waals surface area contributed by atoms with Crippen LogP contribution in [-0.2, 0) is 13.6 Å². The Morgan fingerprint density at radius 1 is 1.12 bits per heavy atom. The Kier molecular flexibility index (Phi) is 3.52. The summed E-state index contributed by atoms with van der Waals surface area (Å²) in [6.45, 7) is 2.62. The van der Waals surface area contributed by atoms with E-state index in [0.29, 0.717) is 23.7 Å². The fourth-order valence-electron chi connectivity index (χ4n) is 3.06. The van der Waals surface area contributed by atoms with E-state index in [1.807, 2.05) is 42.8 Å². The summed E-state index contributed by atoms with van der Waals surface area (Å²) in [4.78, 5) is 17.5. The molecule has 1 aromatic carbocycles. The van der Waals surface area contributed by atoms with Crippen LogP contribution in [0.3, 0.4) is 0 Å². The first kappa shape index (κ1) is 15.4. The van der Waals surface area contributed by atoms with Crippen LogP contribution in [-0.4, -0.2) is 35.8 Å². The van der Waals surface area contributed by atoms with E-state index in [1.165, 1.54) is 0 Å². The number of imidazole rings is 1. The molecular formula is C17H18N6O2. The third-order valence-corrected chi connectivity index (χ3v) is 4.27. The smallest absolute Gasteiger partial charge is 0.337 e. The molecule has 0 atom stereocenters. The van der Waals surface area contributed by atoms with Gasteiger partial charge in [-0.25, -0.2) is 14.2 Å². The second-order valence-corrected chi connectivity index (χ2v) is 5.87. The fraction of sp³-hybridized carbons (Fsp3) is 0.294. The summed E-state index contributed by atoms with van der Waals surface area (Å²) < 4.78 is 10.3. The largest absolute Gasteiger partial charge is 0.497 e. The van der Waals surface area contributed by atoms with Gasteiger partial charge in [0.25, 0.3) is 0 Å². The highest BCUT2D eigenvalue weighted by atomic mass is 16.5.